The third kappa shape index (κ3) is 3.76. The summed E-state index contributed by atoms with van der Waals surface area (Å²) in [6.45, 7) is 7.72. The number of aryl methyl sites for hydroxylation is 1. The van der Waals surface area contributed by atoms with Crippen LogP contribution in [0.4, 0.5) is 0 Å². The summed E-state index contributed by atoms with van der Waals surface area (Å²) in [4.78, 5) is 7.77. The minimum atomic E-state index is 0.176. The number of fused-ring (bicyclic) bond motifs is 1. The summed E-state index contributed by atoms with van der Waals surface area (Å²) in [5.74, 6) is 0.571. The zero-order valence-corrected chi connectivity index (χ0v) is 15.9. The molecule has 5 heteroatoms. The highest BCUT2D eigenvalue weighted by Crippen LogP contribution is 2.40. The molecule has 0 fully saturated rings. The first-order chi connectivity index (χ1) is 9.92. The normalized spacial score (nSPS) is 18.8. The fourth-order valence-electron chi connectivity index (χ4n) is 2.67. The predicted octanol–water partition coefficient (Wildman–Crippen LogP) is 5.44. The van der Waals surface area contributed by atoms with Crippen LogP contribution in [0, 0.1) is 0 Å². The lowest BCUT2D eigenvalue weighted by Crippen LogP contribution is -2.39. The zero-order chi connectivity index (χ0) is 15.0. The van der Waals surface area contributed by atoms with E-state index in [1.54, 1.807) is 11.3 Å². The molecule has 1 N–H and O–H groups in total. The predicted molar refractivity (Wildman–Crippen MR) is 96.6 cm³/mol. The number of hydrogen-bond donors (Lipinski definition) is 1. The van der Waals surface area contributed by atoms with Crippen LogP contribution >= 0.6 is 38.6 Å². The molecule has 0 aliphatic heterocycles. The van der Waals surface area contributed by atoms with Crippen molar-refractivity contribution in [2.24, 2.45) is 0 Å². The van der Waals surface area contributed by atoms with Gasteiger partial charge in [0.2, 0.25) is 0 Å². The van der Waals surface area contributed by atoms with Crippen molar-refractivity contribution < 1.29 is 0 Å². The van der Waals surface area contributed by atoms with Gasteiger partial charge in [0.1, 0.15) is 5.01 Å². The lowest BCUT2D eigenvalue weighted by atomic mass is 9.90. The average molecular weight is 385 g/mol. The van der Waals surface area contributed by atoms with Crippen LogP contribution in [-0.4, -0.2) is 17.1 Å². The van der Waals surface area contributed by atoms with Crippen LogP contribution in [0.25, 0.3) is 9.88 Å². The van der Waals surface area contributed by atoms with Gasteiger partial charge in [0, 0.05) is 32.7 Å². The van der Waals surface area contributed by atoms with Crippen molar-refractivity contribution in [3.8, 4) is 9.88 Å². The third-order valence-electron chi connectivity index (χ3n) is 3.73. The second-order valence-electron chi connectivity index (χ2n) is 6.68. The number of thiophene rings is 1. The van der Waals surface area contributed by atoms with Crippen LogP contribution in [-0.2, 0) is 6.42 Å². The molecule has 0 aromatic carbocycles. The van der Waals surface area contributed by atoms with E-state index >= 15 is 0 Å². The van der Waals surface area contributed by atoms with Gasteiger partial charge in [0.15, 0.2) is 0 Å². The summed E-state index contributed by atoms with van der Waals surface area (Å²) in [6, 6.07) is 2.18. The fraction of sp³-hybridized carbons (Fsp3) is 0.562. The van der Waals surface area contributed by atoms with Gasteiger partial charge in [-0.25, -0.2) is 4.98 Å². The number of thiazole rings is 1. The Morgan fingerprint density at radius 1 is 1.43 bits per heavy atom. The second kappa shape index (κ2) is 6.11. The van der Waals surface area contributed by atoms with E-state index in [-0.39, 0.29) is 5.54 Å². The van der Waals surface area contributed by atoms with Crippen LogP contribution in [0.1, 0.15) is 50.1 Å². The molecule has 0 radical (unpaired) electrons. The maximum Gasteiger partial charge on any atom is 0.133 e. The molecule has 1 atom stereocenters. The molecule has 21 heavy (non-hydrogen) atoms. The van der Waals surface area contributed by atoms with E-state index < -0.39 is 0 Å². The van der Waals surface area contributed by atoms with Gasteiger partial charge in [0.05, 0.1) is 10.6 Å². The van der Waals surface area contributed by atoms with Gasteiger partial charge in [-0.3, -0.25) is 0 Å². The Hall–Kier alpha value is -0.230. The Balaban J connectivity index is 1.83. The minimum absolute atomic E-state index is 0.176. The molecule has 3 rings (SSSR count). The smallest absolute Gasteiger partial charge is 0.133 e. The molecule has 0 bridgehead atoms. The SMILES string of the molecule is CC(C)(C)NCC1CCCc2sc(-c3cc(Br)cs3)nc21. The van der Waals surface area contributed by atoms with Crippen molar-refractivity contribution in [1.29, 1.82) is 0 Å². The summed E-state index contributed by atoms with van der Waals surface area (Å²) >= 11 is 7.20. The molecule has 0 spiro atoms. The van der Waals surface area contributed by atoms with Crippen LogP contribution in [0.3, 0.4) is 0 Å². The average Bonchev–Trinajstić information content (AvgIpc) is 3.01. The van der Waals surface area contributed by atoms with Gasteiger partial charge < -0.3 is 5.32 Å². The van der Waals surface area contributed by atoms with Gasteiger partial charge >= 0.3 is 0 Å². The number of hydrogen-bond acceptors (Lipinski definition) is 4. The lowest BCUT2D eigenvalue weighted by Gasteiger charge is -2.27. The van der Waals surface area contributed by atoms with Crippen molar-refractivity contribution in [1.82, 2.24) is 10.3 Å². The Morgan fingerprint density at radius 2 is 2.24 bits per heavy atom. The Morgan fingerprint density at radius 3 is 2.90 bits per heavy atom. The van der Waals surface area contributed by atoms with E-state index in [0.29, 0.717) is 5.92 Å². The summed E-state index contributed by atoms with van der Waals surface area (Å²) < 4.78 is 1.15. The van der Waals surface area contributed by atoms with E-state index in [9.17, 15) is 0 Å². The number of halogens is 1. The van der Waals surface area contributed by atoms with Gasteiger partial charge in [-0.15, -0.1) is 22.7 Å². The first-order valence-corrected chi connectivity index (χ1v) is 9.90. The number of aromatic nitrogens is 1. The molecule has 1 unspecified atom stereocenters. The number of nitrogens with one attached hydrogen (secondary N) is 1. The molecule has 2 aromatic rings. The Kier molecular flexibility index (Phi) is 4.55. The summed E-state index contributed by atoms with van der Waals surface area (Å²) in [5, 5.41) is 6.97. The standard InChI is InChI=1S/C16H21BrN2S2/c1-16(2,3)18-8-10-5-4-6-12-14(10)19-15(21-12)13-7-11(17)9-20-13/h7,9-10,18H,4-6,8H2,1-3H3. The summed E-state index contributed by atoms with van der Waals surface area (Å²) in [7, 11) is 0. The molecule has 114 valence electrons. The third-order valence-corrected chi connectivity index (χ3v) is 6.72. The van der Waals surface area contributed by atoms with E-state index in [1.165, 1.54) is 39.7 Å². The summed E-state index contributed by atoms with van der Waals surface area (Å²) in [6.07, 6.45) is 3.75. The lowest BCUT2D eigenvalue weighted by molar-refractivity contribution is 0.388. The van der Waals surface area contributed by atoms with E-state index in [0.717, 1.165) is 11.0 Å². The highest BCUT2D eigenvalue weighted by Gasteiger charge is 2.26. The first kappa shape index (κ1) is 15.7. The summed E-state index contributed by atoms with van der Waals surface area (Å²) in [5.41, 5.74) is 1.53. The molecule has 1 aliphatic carbocycles. The minimum Gasteiger partial charge on any atom is -0.311 e. The molecular formula is C16H21BrN2S2. The maximum atomic E-state index is 4.98. The van der Waals surface area contributed by atoms with Crippen LogP contribution < -0.4 is 5.32 Å². The molecule has 0 saturated carbocycles. The van der Waals surface area contributed by atoms with Crippen molar-refractivity contribution in [3.63, 3.8) is 0 Å². The van der Waals surface area contributed by atoms with Gasteiger partial charge in [-0.2, -0.15) is 0 Å². The number of nitrogens with zero attached hydrogens (tertiary/aromatic N) is 1. The second-order valence-corrected chi connectivity index (χ2v) is 9.59. The first-order valence-electron chi connectivity index (χ1n) is 7.41. The largest absolute Gasteiger partial charge is 0.311 e. The van der Waals surface area contributed by atoms with Crippen LogP contribution in [0.5, 0.6) is 0 Å². The Labute approximate surface area is 143 Å². The Bertz CT molecular complexity index is 625. The molecule has 0 amide bonds. The molecule has 1 aliphatic rings. The highest BCUT2D eigenvalue weighted by atomic mass is 79.9. The van der Waals surface area contributed by atoms with E-state index in [4.69, 9.17) is 4.98 Å². The molecule has 0 saturated heterocycles. The van der Waals surface area contributed by atoms with Gasteiger partial charge in [-0.05, 0) is 62.0 Å². The van der Waals surface area contributed by atoms with Crippen molar-refractivity contribution >= 4 is 38.6 Å². The highest BCUT2D eigenvalue weighted by molar-refractivity contribution is 9.10. The maximum absolute atomic E-state index is 4.98. The van der Waals surface area contributed by atoms with Gasteiger partial charge in [-0.1, -0.05) is 0 Å². The fourth-order valence-corrected chi connectivity index (χ4v) is 5.35. The van der Waals surface area contributed by atoms with Gasteiger partial charge in [0.25, 0.3) is 0 Å². The molecular weight excluding hydrogens is 364 g/mol. The molecule has 2 heterocycles. The topological polar surface area (TPSA) is 24.9 Å². The molecule has 2 aromatic heterocycles. The van der Waals surface area contributed by atoms with E-state index in [1.807, 2.05) is 11.3 Å². The van der Waals surface area contributed by atoms with Crippen molar-refractivity contribution in [3.05, 3.63) is 26.5 Å². The van der Waals surface area contributed by atoms with Crippen LogP contribution in [0.15, 0.2) is 15.9 Å². The monoisotopic (exact) mass is 384 g/mol. The van der Waals surface area contributed by atoms with Crippen molar-refractivity contribution in [2.45, 2.75) is 51.5 Å². The number of rotatable bonds is 3. The molecule has 2 nitrogen and oxygen atoms in total. The van der Waals surface area contributed by atoms with Crippen LogP contribution in [0.2, 0.25) is 0 Å². The zero-order valence-electron chi connectivity index (χ0n) is 12.7. The van der Waals surface area contributed by atoms with Crippen molar-refractivity contribution in [2.75, 3.05) is 6.54 Å². The quantitative estimate of drug-likeness (QED) is 0.761. The van der Waals surface area contributed by atoms with E-state index in [2.05, 4.69) is 53.5 Å².